The van der Waals surface area contributed by atoms with Crippen LogP contribution in [0.25, 0.3) is 0 Å². The number of benzene rings is 1. The van der Waals surface area contributed by atoms with E-state index in [1.54, 1.807) is 13.2 Å². The predicted molar refractivity (Wildman–Crippen MR) is 77.5 cm³/mol. The van der Waals surface area contributed by atoms with Gasteiger partial charge in [0.1, 0.15) is 11.6 Å². The monoisotopic (exact) mass is 343 g/mol. The summed E-state index contributed by atoms with van der Waals surface area (Å²) in [6.45, 7) is 2.79. The summed E-state index contributed by atoms with van der Waals surface area (Å²) in [6, 6.07) is 3.23. The molecule has 0 saturated heterocycles. The molecule has 3 nitrogen and oxygen atoms in total. The lowest BCUT2D eigenvalue weighted by Crippen LogP contribution is -2.23. The first-order chi connectivity index (χ1) is 9.58. The molecule has 108 valence electrons. The third-order valence-corrected chi connectivity index (χ3v) is 3.72. The quantitative estimate of drug-likeness (QED) is 0.898. The van der Waals surface area contributed by atoms with Gasteiger partial charge < -0.3 is 5.32 Å². The van der Waals surface area contributed by atoms with E-state index in [1.165, 1.54) is 12.1 Å². The Bertz CT molecular complexity index is 598. The molecule has 0 radical (unpaired) electrons. The van der Waals surface area contributed by atoms with Crippen LogP contribution in [0.3, 0.4) is 0 Å². The highest BCUT2D eigenvalue weighted by atomic mass is 79.9. The molecule has 1 atom stereocenters. The zero-order chi connectivity index (χ0) is 14.7. The Morgan fingerprint density at radius 1 is 1.40 bits per heavy atom. The van der Waals surface area contributed by atoms with Gasteiger partial charge in [0.25, 0.3) is 0 Å². The fourth-order valence-electron chi connectivity index (χ4n) is 2.22. The first-order valence-electron chi connectivity index (χ1n) is 6.41. The van der Waals surface area contributed by atoms with Gasteiger partial charge in [-0.05, 0) is 35.5 Å². The summed E-state index contributed by atoms with van der Waals surface area (Å²) in [5.41, 5.74) is 1.23. The minimum absolute atomic E-state index is 0.390. The van der Waals surface area contributed by atoms with Crippen LogP contribution in [0.1, 0.15) is 30.6 Å². The smallest absolute Gasteiger partial charge is 0.131 e. The second-order valence-electron chi connectivity index (χ2n) is 4.49. The second-order valence-corrected chi connectivity index (χ2v) is 5.34. The van der Waals surface area contributed by atoms with Crippen LogP contribution in [-0.4, -0.2) is 16.8 Å². The van der Waals surface area contributed by atoms with Crippen molar-refractivity contribution >= 4 is 15.9 Å². The number of aromatic nitrogens is 2. The Hall–Kier alpha value is -1.27. The van der Waals surface area contributed by atoms with Crippen LogP contribution in [0.4, 0.5) is 8.78 Å². The lowest BCUT2D eigenvalue weighted by Gasteiger charge is -2.19. The zero-order valence-electron chi connectivity index (χ0n) is 11.3. The van der Waals surface area contributed by atoms with Gasteiger partial charge in [-0.15, -0.1) is 0 Å². The van der Waals surface area contributed by atoms with Crippen molar-refractivity contribution in [2.75, 3.05) is 7.05 Å². The zero-order valence-corrected chi connectivity index (χ0v) is 12.9. The lowest BCUT2D eigenvalue weighted by atomic mass is 10.0. The molecule has 1 aromatic heterocycles. The van der Waals surface area contributed by atoms with Gasteiger partial charge in [0.05, 0.1) is 22.4 Å². The minimum atomic E-state index is -0.581. The van der Waals surface area contributed by atoms with Gasteiger partial charge in [0.2, 0.25) is 0 Å². The van der Waals surface area contributed by atoms with E-state index in [1.807, 2.05) is 11.6 Å². The highest BCUT2D eigenvalue weighted by molar-refractivity contribution is 9.10. The molecule has 0 aliphatic carbocycles. The highest BCUT2D eigenvalue weighted by Gasteiger charge is 2.23. The van der Waals surface area contributed by atoms with Crippen molar-refractivity contribution in [1.82, 2.24) is 15.1 Å². The molecule has 0 amide bonds. The maximum absolute atomic E-state index is 14.0. The summed E-state index contributed by atoms with van der Waals surface area (Å²) in [7, 11) is 1.74. The van der Waals surface area contributed by atoms with Gasteiger partial charge in [0.15, 0.2) is 0 Å². The molecule has 1 N–H and O–H groups in total. The van der Waals surface area contributed by atoms with Gasteiger partial charge in [0, 0.05) is 18.2 Å². The van der Waals surface area contributed by atoms with Crippen LogP contribution in [0.15, 0.2) is 28.9 Å². The summed E-state index contributed by atoms with van der Waals surface area (Å²) in [5, 5.41) is 7.35. The fourth-order valence-corrected chi connectivity index (χ4v) is 2.75. The van der Waals surface area contributed by atoms with E-state index in [4.69, 9.17) is 0 Å². The Morgan fingerprint density at radius 2 is 2.15 bits per heavy atom. The van der Waals surface area contributed by atoms with Gasteiger partial charge in [-0.2, -0.15) is 5.10 Å². The minimum Gasteiger partial charge on any atom is -0.308 e. The van der Waals surface area contributed by atoms with E-state index in [0.717, 1.165) is 29.2 Å². The number of nitrogens with one attached hydrogen (secondary N) is 1. The van der Waals surface area contributed by atoms with Crippen molar-refractivity contribution in [2.24, 2.45) is 0 Å². The number of nitrogens with zero attached hydrogens (tertiary/aromatic N) is 2. The van der Waals surface area contributed by atoms with E-state index in [9.17, 15) is 8.78 Å². The summed E-state index contributed by atoms with van der Waals surface area (Å²) >= 11 is 3.45. The molecule has 1 aromatic carbocycles. The first-order valence-corrected chi connectivity index (χ1v) is 7.21. The number of aryl methyl sites for hydroxylation is 1. The van der Waals surface area contributed by atoms with Crippen molar-refractivity contribution < 1.29 is 8.78 Å². The largest absolute Gasteiger partial charge is 0.308 e. The van der Waals surface area contributed by atoms with Crippen molar-refractivity contribution in [1.29, 1.82) is 0 Å². The third-order valence-electron chi connectivity index (χ3n) is 3.10. The van der Waals surface area contributed by atoms with Crippen LogP contribution >= 0.6 is 15.9 Å². The number of halogens is 3. The molecule has 2 aromatic rings. The molecular weight excluding hydrogens is 328 g/mol. The molecule has 0 spiro atoms. The molecular formula is C14H16BrF2N3. The van der Waals surface area contributed by atoms with E-state index >= 15 is 0 Å². The topological polar surface area (TPSA) is 29.9 Å². The molecule has 1 heterocycles. The lowest BCUT2D eigenvalue weighted by molar-refractivity contribution is 0.509. The third kappa shape index (κ3) is 2.91. The number of rotatable bonds is 5. The molecule has 0 aliphatic heterocycles. The Kier molecular flexibility index (Phi) is 4.88. The maximum atomic E-state index is 14.0. The van der Waals surface area contributed by atoms with Crippen molar-refractivity contribution in [2.45, 2.75) is 25.9 Å². The summed E-state index contributed by atoms with van der Waals surface area (Å²) in [6.07, 6.45) is 2.61. The van der Waals surface area contributed by atoms with Crippen LogP contribution < -0.4 is 5.32 Å². The van der Waals surface area contributed by atoms with Crippen LogP contribution in [0.2, 0.25) is 0 Å². The first kappa shape index (κ1) is 15.1. The highest BCUT2D eigenvalue weighted by Crippen LogP contribution is 2.30. The molecule has 20 heavy (non-hydrogen) atoms. The molecule has 0 saturated carbocycles. The Labute approximate surface area is 125 Å². The van der Waals surface area contributed by atoms with Crippen LogP contribution in [-0.2, 0) is 6.54 Å². The predicted octanol–water partition coefficient (Wildman–Crippen LogP) is 3.64. The molecule has 6 heteroatoms. The normalized spacial score (nSPS) is 12.7. The summed E-state index contributed by atoms with van der Waals surface area (Å²) < 4.78 is 29.7. The van der Waals surface area contributed by atoms with Crippen molar-refractivity contribution in [3.63, 3.8) is 0 Å². The van der Waals surface area contributed by atoms with E-state index in [-0.39, 0.29) is 6.04 Å². The van der Waals surface area contributed by atoms with Crippen LogP contribution in [0.5, 0.6) is 0 Å². The molecule has 0 fully saturated rings. The SMILES string of the molecule is CCCn1ncc(Br)c1C(NC)c1ccc(F)cc1F. The van der Waals surface area contributed by atoms with E-state index < -0.39 is 11.6 Å². The molecule has 2 rings (SSSR count). The fraction of sp³-hybridized carbons (Fsp3) is 0.357. The van der Waals surface area contributed by atoms with Gasteiger partial charge >= 0.3 is 0 Å². The second kappa shape index (κ2) is 6.45. The van der Waals surface area contributed by atoms with Crippen molar-refractivity contribution in [3.8, 4) is 0 Å². The molecule has 0 bridgehead atoms. The standard InChI is InChI=1S/C14H16BrF2N3/c1-3-6-20-14(11(15)8-19-20)13(18-2)10-5-4-9(16)7-12(10)17/h4-5,7-8,13,18H,3,6H2,1-2H3. The number of hydrogen-bond donors (Lipinski definition) is 1. The van der Waals surface area contributed by atoms with Crippen molar-refractivity contribution in [3.05, 3.63) is 51.8 Å². The van der Waals surface area contributed by atoms with Gasteiger partial charge in [-0.25, -0.2) is 8.78 Å². The summed E-state index contributed by atoms with van der Waals surface area (Å²) in [4.78, 5) is 0. The maximum Gasteiger partial charge on any atom is 0.131 e. The average Bonchev–Trinajstić information content (AvgIpc) is 2.75. The van der Waals surface area contributed by atoms with Gasteiger partial charge in [-0.1, -0.05) is 13.0 Å². The van der Waals surface area contributed by atoms with E-state index in [2.05, 4.69) is 26.3 Å². The Balaban J connectivity index is 2.49. The van der Waals surface area contributed by atoms with Crippen LogP contribution in [0, 0.1) is 11.6 Å². The average molecular weight is 344 g/mol. The molecule has 1 unspecified atom stereocenters. The summed E-state index contributed by atoms with van der Waals surface area (Å²) in [5.74, 6) is -1.15. The Morgan fingerprint density at radius 3 is 2.75 bits per heavy atom. The molecule has 0 aliphatic rings. The van der Waals surface area contributed by atoms with Gasteiger partial charge in [-0.3, -0.25) is 4.68 Å². The number of hydrogen-bond acceptors (Lipinski definition) is 2. The van der Waals surface area contributed by atoms with E-state index in [0.29, 0.717) is 5.56 Å².